The normalized spacial score (nSPS) is 23.0. The lowest BCUT2D eigenvalue weighted by Crippen LogP contribution is -2.52. The van der Waals surface area contributed by atoms with E-state index >= 15 is 0 Å². The molecular weight excluding hydrogens is 274 g/mol. The molecule has 1 aliphatic rings. The summed E-state index contributed by atoms with van der Waals surface area (Å²) in [5.41, 5.74) is 3.57. The molecule has 0 aliphatic carbocycles. The maximum Gasteiger partial charge on any atom is 0.322 e. The molecule has 3 rings (SSSR count). The first-order valence-corrected chi connectivity index (χ1v) is 7.55. The van der Waals surface area contributed by atoms with Gasteiger partial charge < -0.3 is 15.0 Å². The number of fused-ring (bicyclic) bond motifs is 1. The number of thiazole rings is 1. The molecule has 0 unspecified atom stereocenters. The topological polar surface area (TPSA) is 54.5 Å². The van der Waals surface area contributed by atoms with Gasteiger partial charge in [-0.3, -0.25) is 0 Å². The summed E-state index contributed by atoms with van der Waals surface area (Å²) in [4.78, 5) is 18.4. The summed E-state index contributed by atoms with van der Waals surface area (Å²) >= 11 is 1.57. The first-order chi connectivity index (χ1) is 9.65. The molecule has 6 heteroatoms. The van der Waals surface area contributed by atoms with Gasteiger partial charge >= 0.3 is 6.03 Å². The van der Waals surface area contributed by atoms with Crippen molar-refractivity contribution in [3.63, 3.8) is 0 Å². The largest absolute Gasteiger partial charge is 0.375 e. The van der Waals surface area contributed by atoms with Crippen LogP contribution in [0.5, 0.6) is 0 Å². The standard InChI is InChI=1S/C14H17N3O2S/c1-9-10(2)19-6-5-17(9)14(18)16-11-3-4-12-13(7-11)20-8-15-12/h3-4,7-10H,5-6H2,1-2H3,(H,16,18)/t9-,10+/m0/s1. The number of amides is 2. The van der Waals surface area contributed by atoms with Crippen molar-refractivity contribution in [3.05, 3.63) is 23.7 Å². The molecule has 2 aromatic rings. The minimum Gasteiger partial charge on any atom is -0.375 e. The van der Waals surface area contributed by atoms with Crippen molar-refractivity contribution in [2.24, 2.45) is 0 Å². The summed E-state index contributed by atoms with van der Waals surface area (Å²) in [6.07, 6.45) is 0.0680. The van der Waals surface area contributed by atoms with E-state index in [1.54, 1.807) is 11.3 Å². The van der Waals surface area contributed by atoms with E-state index in [1.165, 1.54) is 0 Å². The van der Waals surface area contributed by atoms with Crippen LogP contribution >= 0.6 is 11.3 Å². The Morgan fingerprint density at radius 2 is 2.35 bits per heavy atom. The molecule has 5 nitrogen and oxygen atoms in total. The van der Waals surface area contributed by atoms with Crippen LogP contribution in [0.4, 0.5) is 10.5 Å². The summed E-state index contributed by atoms with van der Waals surface area (Å²) < 4.78 is 6.61. The first-order valence-electron chi connectivity index (χ1n) is 6.67. The van der Waals surface area contributed by atoms with Gasteiger partial charge in [-0.25, -0.2) is 9.78 Å². The van der Waals surface area contributed by atoms with E-state index in [0.717, 1.165) is 15.9 Å². The van der Waals surface area contributed by atoms with Crippen LogP contribution in [0.3, 0.4) is 0 Å². The van der Waals surface area contributed by atoms with Crippen molar-refractivity contribution >= 4 is 33.3 Å². The number of anilines is 1. The number of urea groups is 1. The summed E-state index contributed by atoms with van der Waals surface area (Å²) in [6, 6.07) is 5.77. The lowest BCUT2D eigenvalue weighted by atomic mass is 10.1. The minimum atomic E-state index is -0.0727. The molecular formula is C14H17N3O2S. The van der Waals surface area contributed by atoms with Gasteiger partial charge in [-0.2, -0.15) is 0 Å². The zero-order valence-corrected chi connectivity index (χ0v) is 12.3. The Kier molecular flexibility index (Phi) is 3.58. The Labute approximate surface area is 121 Å². The molecule has 1 aliphatic heterocycles. The van der Waals surface area contributed by atoms with Gasteiger partial charge in [0.05, 0.1) is 34.5 Å². The predicted octanol–water partition coefficient (Wildman–Crippen LogP) is 2.94. The van der Waals surface area contributed by atoms with Crippen molar-refractivity contribution in [2.45, 2.75) is 26.0 Å². The Morgan fingerprint density at radius 1 is 1.50 bits per heavy atom. The van der Waals surface area contributed by atoms with Crippen molar-refractivity contribution in [3.8, 4) is 0 Å². The monoisotopic (exact) mass is 291 g/mol. The number of hydrogen-bond acceptors (Lipinski definition) is 4. The highest BCUT2D eigenvalue weighted by Gasteiger charge is 2.29. The van der Waals surface area contributed by atoms with E-state index in [0.29, 0.717) is 13.2 Å². The second-order valence-electron chi connectivity index (χ2n) is 4.97. The molecule has 1 fully saturated rings. The second-order valence-corrected chi connectivity index (χ2v) is 5.86. The fraction of sp³-hybridized carbons (Fsp3) is 0.429. The second kappa shape index (κ2) is 5.38. The van der Waals surface area contributed by atoms with Crippen LogP contribution in [0.15, 0.2) is 23.7 Å². The lowest BCUT2D eigenvalue weighted by Gasteiger charge is -2.37. The average molecular weight is 291 g/mol. The van der Waals surface area contributed by atoms with E-state index in [2.05, 4.69) is 10.3 Å². The summed E-state index contributed by atoms with van der Waals surface area (Å²) in [6.45, 7) is 5.22. The van der Waals surface area contributed by atoms with Gasteiger partial charge in [-0.15, -0.1) is 11.3 Å². The number of carbonyl (C=O) groups excluding carboxylic acids is 1. The third-order valence-electron chi connectivity index (χ3n) is 3.73. The molecule has 2 atom stereocenters. The van der Waals surface area contributed by atoms with Crippen LogP contribution in [0, 0.1) is 0 Å². The molecule has 106 valence electrons. The van der Waals surface area contributed by atoms with Gasteiger partial charge in [0.25, 0.3) is 0 Å². The molecule has 1 aromatic heterocycles. The highest BCUT2D eigenvalue weighted by Crippen LogP contribution is 2.22. The number of ether oxygens (including phenoxy) is 1. The van der Waals surface area contributed by atoms with E-state index < -0.39 is 0 Å². The number of carbonyl (C=O) groups is 1. The van der Waals surface area contributed by atoms with Crippen LogP contribution in [0.1, 0.15) is 13.8 Å². The number of benzene rings is 1. The first kappa shape index (κ1) is 13.3. The lowest BCUT2D eigenvalue weighted by molar-refractivity contribution is -0.0355. The molecule has 20 heavy (non-hydrogen) atoms. The zero-order valence-electron chi connectivity index (χ0n) is 11.5. The molecule has 1 N–H and O–H groups in total. The van der Waals surface area contributed by atoms with Crippen LogP contribution in [-0.2, 0) is 4.74 Å². The minimum absolute atomic E-state index is 0.0680. The third kappa shape index (κ3) is 2.48. The zero-order chi connectivity index (χ0) is 14.1. The molecule has 0 radical (unpaired) electrons. The molecule has 0 spiro atoms. The fourth-order valence-corrected chi connectivity index (χ4v) is 3.06. The van der Waals surface area contributed by atoms with Gasteiger partial charge in [-0.05, 0) is 32.0 Å². The number of aromatic nitrogens is 1. The summed E-state index contributed by atoms with van der Waals surface area (Å²) in [7, 11) is 0. The van der Waals surface area contributed by atoms with E-state index in [4.69, 9.17) is 4.74 Å². The van der Waals surface area contributed by atoms with Gasteiger partial charge in [0.1, 0.15) is 0 Å². The summed E-state index contributed by atoms with van der Waals surface area (Å²) in [5, 5.41) is 2.95. The number of nitrogens with zero attached hydrogens (tertiary/aromatic N) is 2. The number of hydrogen-bond donors (Lipinski definition) is 1. The van der Waals surface area contributed by atoms with Gasteiger partial charge in [0.2, 0.25) is 0 Å². The average Bonchev–Trinajstić information content (AvgIpc) is 2.89. The van der Waals surface area contributed by atoms with Crippen LogP contribution in [-0.4, -0.2) is 41.2 Å². The fourth-order valence-electron chi connectivity index (χ4n) is 2.35. The SMILES string of the molecule is C[C@H]1OCCN(C(=O)Nc2ccc3ncsc3c2)[C@H]1C. The van der Waals surface area contributed by atoms with Crippen LogP contribution in [0.2, 0.25) is 0 Å². The molecule has 2 amide bonds. The van der Waals surface area contributed by atoms with Crippen molar-refractivity contribution in [2.75, 3.05) is 18.5 Å². The van der Waals surface area contributed by atoms with Gasteiger partial charge in [0, 0.05) is 12.2 Å². The number of morpholine rings is 1. The molecule has 2 heterocycles. The predicted molar refractivity (Wildman–Crippen MR) is 80.2 cm³/mol. The Morgan fingerprint density at radius 3 is 3.20 bits per heavy atom. The highest BCUT2D eigenvalue weighted by atomic mass is 32.1. The quantitative estimate of drug-likeness (QED) is 0.879. The number of rotatable bonds is 1. The van der Waals surface area contributed by atoms with Crippen LogP contribution in [0.25, 0.3) is 10.2 Å². The summed E-state index contributed by atoms with van der Waals surface area (Å²) in [5.74, 6) is 0. The Hall–Kier alpha value is -1.66. The Balaban J connectivity index is 1.74. The van der Waals surface area contributed by atoms with E-state index in [9.17, 15) is 4.79 Å². The number of nitrogens with one attached hydrogen (secondary N) is 1. The van der Waals surface area contributed by atoms with Crippen molar-refractivity contribution < 1.29 is 9.53 Å². The molecule has 1 aromatic carbocycles. The van der Waals surface area contributed by atoms with Crippen LogP contribution < -0.4 is 5.32 Å². The van der Waals surface area contributed by atoms with Gasteiger partial charge in [-0.1, -0.05) is 0 Å². The third-order valence-corrected chi connectivity index (χ3v) is 4.52. The molecule has 0 bridgehead atoms. The van der Waals surface area contributed by atoms with Crippen molar-refractivity contribution in [1.29, 1.82) is 0 Å². The van der Waals surface area contributed by atoms with E-state index in [1.807, 2.05) is 42.5 Å². The van der Waals surface area contributed by atoms with E-state index in [-0.39, 0.29) is 18.2 Å². The smallest absolute Gasteiger partial charge is 0.322 e. The van der Waals surface area contributed by atoms with Gasteiger partial charge in [0.15, 0.2) is 0 Å². The Bertz CT molecular complexity index is 628. The molecule has 0 saturated carbocycles. The van der Waals surface area contributed by atoms with Crippen molar-refractivity contribution in [1.82, 2.24) is 9.88 Å². The maximum atomic E-state index is 12.3. The maximum absolute atomic E-state index is 12.3. The molecule has 1 saturated heterocycles. The highest BCUT2D eigenvalue weighted by molar-refractivity contribution is 7.16.